The fourth-order valence-corrected chi connectivity index (χ4v) is 0.464. The van der Waals surface area contributed by atoms with E-state index in [1.807, 2.05) is 0 Å². The summed E-state index contributed by atoms with van der Waals surface area (Å²) in [6, 6.07) is 0. The van der Waals surface area contributed by atoms with E-state index in [4.69, 9.17) is 11.5 Å². The van der Waals surface area contributed by atoms with Gasteiger partial charge in [0.05, 0.1) is 6.10 Å². The van der Waals surface area contributed by atoms with Gasteiger partial charge in [0.25, 0.3) is 0 Å². The summed E-state index contributed by atoms with van der Waals surface area (Å²) in [5.74, 6) is 2.36. The van der Waals surface area contributed by atoms with E-state index in [1.54, 1.807) is 43.4 Å². The molecule has 0 radical (unpaired) electrons. The molecule has 0 aliphatic heterocycles. The van der Waals surface area contributed by atoms with E-state index in [1.165, 1.54) is 0 Å². The SMILES string of the molecule is C#CC=CC=CC=CC(C)O. The van der Waals surface area contributed by atoms with Crippen molar-refractivity contribution in [2.24, 2.45) is 0 Å². The van der Waals surface area contributed by atoms with E-state index in [0.717, 1.165) is 0 Å². The van der Waals surface area contributed by atoms with Gasteiger partial charge in [-0.15, -0.1) is 6.42 Å². The summed E-state index contributed by atoms with van der Waals surface area (Å²) < 4.78 is 0. The largest absolute Gasteiger partial charge is 0.389 e. The van der Waals surface area contributed by atoms with Crippen LogP contribution in [0.25, 0.3) is 0 Å². The zero-order valence-corrected chi connectivity index (χ0v) is 6.57. The normalized spacial score (nSPS) is 14.6. The zero-order chi connectivity index (χ0) is 8.53. The van der Waals surface area contributed by atoms with Crippen molar-refractivity contribution in [1.82, 2.24) is 0 Å². The average Bonchev–Trinajstić information content (AvgIpc) is 1.96. The lowest BCUT2D eigenvalue weighted by molar-refractivity contribution is 0.244. The Kier molecular flexibility index (Phi) is 6.07. The monoisotopic (exact) mass is 148 g/mol. The fourth-order valence-electron chi connectivity index (χ4n) is 0.464. The van der Waals surface area contributed by atoms with Crippen LogP contribution in [0.1, 0.15) is 6.92 Å². The van der Waals surface area contributed by atoms with Crippen LogP contribution in [-0.2, 0) is 0 Å². The van der Waals surface area contributed by atoms with Crippen molar-refractivity contribution in [3.63, 3.8) is 0 Å². The van der Waals surface area contributed by atoms with E-state index in [9.17, 15) is 0 Å². The zero-order valence-electron chi connectivity index (χ0n) is 6.57. The summed E-state index contributed by atoms with van der Waals surface area (Å²) >= 11 is 0. The van der Waals surface area contributed by atoms with Gasteiger partial charge in [0.2, 0.25) is 0 Å². The summed E-state index contributed by atoms with van der Waals surface area (Å²) in [6.07, 6.45) is 15.0. The molecule has 0 saturated heterocycles. The molecule has 0 amide bonds. The van der Waals surface area contributed by atoms with Gasteiger partial charge in [-0.1, -0.05) is 36.3 Å². The summed E-state index contributed by atoms with van der Waals surface area (Å²) in [4.78, 5) is 0. The van der Waals surface area contributed by atoms with Gasteiger partial charge in [-0.25, -0.2) is 0 Å². The maximum absolute atomic E-state index is 8.78. The Morgan fingerprint density at radius 1 is 1.27 bits per heavy atom. The average molecular weight is 148 g/mol. The Bertz CT molecular complexity index is 201. The van der Waals surface area contributed by atoms with Gasteiger partial charge in [0.1, 0.15) is 0 Å². The summed E-state index contributed by atoms with van der Waals surface area (Å²) in [6.45, 7) is 1.70. The third-order valence-corrected chi connectivity index (χ3v) is 0.915. The van der Waals surface area contributed by atoms with Crippen LogP contribution in [0.15, 0.2) is 36.5 Å². The van der Waals surface area contributed by atoms with Crippen LogP contribution in [0.3, 0.4) is 0 Å². The Morgan fingerprint density at radius 3 is 2.45 bits per heavy atom. The molecule has 0 spiro atoms. The molecule has 11 heavy (non-hydrogen) atoms. The van der Waals surface area contributed by atoms with Gasteiger partial charge >= 0.3 is 0 Å². The number of aliphatic hydroxyl groups excluding tert-OH is 1. The maximum atomic E-state index is 8.78. The van der Waals surface area contributed by atoms with Crippen LogP contribution in [0.5, 0.6) is 0 Å². The van der Waals surface area contributed by atoms with Crippen molar-refractivity contribution >= 4 is 0 Å². The molecule has 1 atom stereocenters. The second-order valence-electron chi connectivity index (χ2n) is 2.04. The van der Waals surface area contributed by atoms with Gasteiger partial charge < -0.3 is 5.11 Å². The molecule has 1 unspecified atom stereocenters. The first-order chi connectivity index (χ1) is 5.27. The lowest BCUT2D eigenvalue weighted by Gasteiger charge is -1.88. The van der Waals surface area contributed by atoms with Crippen molar-refractivity contribution in [3.8, 4) is 12.3 Å². The number of hydrogen-bond donors (Lipinski definition) is 1. The fraction of sp³-hybridized carbons (Fsp3) is 0.200. The lowest BCUT2D eigenvalue weighted by atomic mass is 10.3. The smallest absolute Gasteiger partial charge is 0.0695 e. The van der Waals surface area contributed by atoms with E-state index >= 15 is 0 Å². The molecule has 1 N–H and O–H groups in total. The number of aliphatic hydroxyl groups is 1. The predicted molar refractivity (Wildman–Crippen MR) is 47.9 cm³/mol. The highest BCUT2D eigenvalue weighted by atomic mass is 16.3. The van der Waals surface area contributed by atoms with Gasteiger partial charge in [0, 0.05) is 0 Å². The van der Waals surface area contributed by atoms with E-state index in [0.29, 0.717) is 0 Å². The topological polar surface area (TPSA) is 20.2 Å². The van der Waals surface area contributed by atoms with E-state index in [2.05, 4.69) is 5.92 Å². The summed E-state index contributed by atoms with van der Waals surface area (Å²) in [7, 11) is 0. The standard InChI is InChI=1S/C10H12O/c1-3-4-5-6-7-8-9-10(2)11/h1,4-11H,2H3. The van der Waals surface area contributed by atoms with Crippen LogP contribution < -0.4 is 0 Å². The second-order valence-corrected chi connectivity index (χ2v) is 2.04. The number of hydrogen-bond acceptors (Lipinski definition) is 1. The van der Waals surface area contributed by atoms with Crippen molar-refractivity contribution in [2.45, 2.75) is 13.0 Å². The van der Waals surface area contributed by atoms with Gasteiger partial charge in [0.15, 0.2) is 0 Å². The minimum atomic E-state index is -0.392. The predicted octanol–water partition coefficient (Wildman–Crippen LogP) is 1.67. The molecule has 0 aliphatic rings. The molecular weight excluding hydrogens is 136 g/mol. The second kappa shape index (κ2) is 6.85. The molecule has 0 fully saturated rings. The number of terminal acetylenes is 1. The summed E-state index contributed by atoms with van der Waals surface area (Å²) in [5, 5.41) is 8.78. The first kappa shape index (κ1) is 9.74. The minimum Gasteiger partial charge on any atom is -0.389 e. The Morgan fingerprint density at radius 2 is 1.91 bits per heavy atom. The number of rotatable bonds is 3. The third kappa shape index (κ3) is 8.74. The Balaban J connectivity index is 3.62. The Labute approximate surface area is 67.7 Å². The van der Waals surface area contributed by atoms with Crippen molar-refractivity contribution in [2.75, 3.05) is 0 Å². The quantitative estimate of drug-likeness (QED) is 0.477. The molecule has 0 heterocycles. The van der Waals surface area contributed by atoms with Crippen LogP contribution in [0.2, 0.25) is 0 Å². The molecule has 1 nitrogen and oxygen atoms in total. The van der Waals surface area contributed by atoms with E-state index < -0.39 is 6.10 Å². The van der Waals surface area contributed by atoms with Crippen molar-refractivity contribution in [1.29, 1.82) is 0 Å². The Hall–Kier alpha value is -1.26. The molecule has 0 saturated carbocycles. The van der Waals surface area contributed by atoms with Crippen LogP contribution in [0, 0.1) is 12.3 Å². The molecule has 0 aromatic rings. The highest BCUT2D eigenvalue weighted by Crippen LogP contribution is 1.84. The molecule has 0 aromatic carbocycles. The van der Waals surface area contributed by atoms with Gasteiger partial charge in [-0.05, 0) is 13.0 Å². The van der Waals surface area contributed by atoms with E-state index in [-0.39, 0.29) is 0 Å². The highest BCUT2D eigenvalue weighted by Gasteiger charge is 1.79. The van der Waals surface area contributed by atoms with Crippen LogP contribution in [-0.4, -0.2) is 11.2 Å². The van der Waals surface area contributed by atoms with Crippen LogP contribution in [0.4, 0.5) is 0 Å². The maximum Gasteiger partial charge on any atom is 0.0695 e. The first-order valence-electron chi connectivity index (χ1n) is 3.41. The molecule has 1 heteroatoms. The number of allylic oxidation sites excluding steroid dienone is 5. The minimum absolute atomic E-state index is 0.392. The first-order valence-corrected chi connectivity index (χ1v) is 3.41. The van der Waals surface area contributed by atoms with Crippen molar-refractivity contribution < 1.29 is 5.11 Å². The van der Waals surface area contributed by atoms with Gasteiger partial charge in [-0.3, -0.25) is 0 Å². The highest BCUT2D eigenvalue weighted by molar-refractivity contribution is 5.18. The van der Waals surface area contributed by atoms with Gasteiger partial charge in [-0.2, -0.15) is 0 Å². The molecule has 0 rings (SSSR count). The lowest BCUT2D eigenvalue weighted by Crippen LogP contribution is -1.90. The van der Waals surface area contributed by atoms with Crippen molar-refractivity contribution in [3.05, 3.63) is 36.5 Å². The third-order valence-electron chi connectivity index (χ3n) is 0.915. The van der Waals surface area contributed by atoms with Crippen LogP contribution >= 0.6 is 0 Å². The molecule has 0 aromatic heterocycles. The summed E-state index contributed by atoms with van der Waals surface area (Å²) in [5.41, 5.74) is 0. The molecule has 58 valence electrons. The molecule has 0 bridgehead atoms. The molecule has 0 aliphatic carbocycles. The molecular formula is C10H12O.